The summed E-state index contributed by atoms with van der Waals surface area (Å²) < 4.78 is 18.9. The molecule has 1 saturated heterocycles. The van der Waals surface area contributed by atoms with Gasteiger partial charge in [-0.15, -0.1) is 0 Å². The van der Waals surface area contributed by atoms with Crippen molar-refractivity contribution >= 4 is 55.9 Å². The highest BCUT2D eigenvalue weighted by molar-refractivity contribution is 7.22. The SMILES string of the molecule is CCOc1cc(C(=O)O)cc2sc(N3C[C@@H]4C[C@H]3C[C@H]4OCc3c(-c4c(Cl)cccc4Cl)noc3C3CC3)nc12. The molecule has 8 nitrogen and oxygen atoms in total. The molecule has 1 N–H and O–H groups in total. The van der Waals surface area contributed by atoms with Crippen molar-refractivity contribution in [3.8, 4) is 17.0 Å². The number of aromatic carboxylic acids is 1. The molecule has 0 radical (unpaired) electrons. The molecule has 1 aliphatic heterocycles. The van der Waals surface area contributed by atoms with Gasteiger partial charge in [-0.1, -0.05) is 45.8 Å². The minimum Gasteiger partial charge on any atom is -0.492 e. The Hall–Kier alpha value is -2.85. The van der Waals surface area contributed by atoms with Crippen LogP contribution in [0.1, 0.15) is 60.2 Å². The Morgan fingerprint density at radius 3 is 2.70 bits per heavy atom. The van der Waals surface area contributed by atoms with Crippen molar-refractivity contribution in [1.82, 2.24) is 10.1 Å². The smallest absolute Gasteiger partial charge is 0.335 e. The van der Waals surface area contributed by atoms with Crippen molar-refractivity contribution in [2.75, 3.05) is 18.1 Å². The maximum absolute atomic E-state index is 11.6. The molecule has 11 heteroatoms. The number of piperidine rings is 1. The monoisotopic (exact) mass is 599 g/mol. The number of hydrogen-bond acceptors (Lipinski definition) is 8. The van der Waals surface area contributed by atoms with E-state index in [4.69, 9.17) is 42.2 Å². The van der Waals surface area contributed by atoms with Gasteiger partial charge in [0.1, 0.15) is 22.7 Å². The van der Waals surface area contributed by atoms with Gasteiger partial charge in [0.05, 0.1) is 39.6 Å². The fraction of sp³-hybridized carbons (Fsp3) is 0.414. The predicted octanol–water partition coefficient (Wildman–Crippen LogP) is 7.42. The Morgan fingerprint density at radius 2 is 2.02 bits per heavy atom. The number of nitrogens with zero attached hydrogens (tertiary/aromatic N) is 3. The molecule has 40 heavy (non-hydrogen) atoms. The van der Waals surface area contributed by atoms with Crippen LogP contribution in [0, 0.1) is 5.92 Å². The lowest BCUT2D eigenvalue weighted by molar-refractivity contribution is 0.0122. The number of thiazole rings is 1. The Balaban J connectivity index is 1.09. The zero-order valence-electron chi connectivity index (χ0n) is 21.7. The van der Waals surface area contributed by atoms with E-state index < -0.39 is 5.97 Å². The van der Waals surface area contributed by atoms with Crippen LogP contribution in [0.4, 0.5) is 5.13 Å². The molecule has 0 spiro atoms. The van der Waals surface area contributed by atoms with Crippen molar-refractivity contribution in [3.63, 3.8) is 0 Å². The Morgan fingerprint density at radius 1 is 1.23 bits per heavy atom. The molecule has 2 aromatic heterocycles. The van der Waals surface area contributed by atoms with Crippen LogP contribution in [0.3, 0.4) is 0 Å². The average molecular weight is 601 g/mol. The Kier molecular flexibility index (Phi) is 6.65. The van der Waals surface area contributed by atoms with Gasteiger partial charge in [0.2, 0.25) is 0 Å². The second kappa shape index (κ2) is 10.2. The lowest BCUT2D eigenvalue weighted by Gasteiger charge is -2.31. The molecule has 2 aromatic carbocycles. The van der Waals surface area contributed by atoms with Gasteiger partial charge < -0.3 is 24.0 Å². The Bertz CT molecular complexity index is 1600. The molecule has 3 heterocycles. The first-order valence-electron chi connectivity index (χ1n) is 13.5. The first-order chi connectivity index (χ1) is 19.4. The number of hydrogen-bond donors (Lipinski definition) is 1. The summed E-state index contributed by atoms with van der Waals surface area (Å²) in [5.41, 5.74) is 3.23. The number of fused-ring (bicyclic) bond motifs is 3. The number of carboxylic acid groups (broad SMARTS) is 1. The standard InChI is InChI=1S/C29H27Cl2N3O5S/c1-2-37-22-9-15(28(35)36)10-23-26(22)32-29(40-23)34-12-16-8-17(34)11-21(16)38-13-18-25(33-39-27(18)14-6-7-14)24-19(30)4-3-5-20(24)31/h3-5,9-10,14,16-17,21H,2,6-8,11-13H2,1H3,(H,35,36)/t16-,17-,21+/m0/s1. The number of carboxylic acids is 1. The normalized spacial score (nSPS) is 22.0. The fourth-order valence-electron chi connectivity index (χ4n) is 6.08. The third-order valence-electron chi connectivity index (χ3n) is 8.13. The quantitative estimate of drug-likeness (QED) is 0.212. The first-order valence-corrected chi connectivity index (χ1v) is 15.1. The van der Waals surface area contributed by atoms with E-state index >= 15 is 0 Å². The molecule has 7 rings (SSSR count). The molecular weight excluding hydrogens is 573 g/mol. The van der Waals surface area contributed by atoms with Gasteiger partial charge in [-0.3, -0.25) is 0 Å². The van der Waals surface area contributed by atoms with Crippen LogP contribution in [-0.2, 0) is 11.3 Å². The zero-order chi connectivity index (χ0) is 27.5. The molecule has 0 unspecified atom stereocenters. The second-order valence-corrected chi connectivity index (χ2v) is 12.5. The summed E-state index contributed by atoms with van der Waals surface area (Å²) in [4.78, 5) is 18.9. The maximum Gasteiger partial charge on any atom is 0.335 e. The minimum absolute atomic E-state index is 0.116. The topological polar surface area (TPSA) is 97.9 Å². The third kappa shape index (κ3) is 4.53. The number of anilines is 1. The Labute approximate surface area is 244 Å². The lowest BCUT2D eigenvalue weighted by Crippen LogP contribution is -2.38. The van der Waals surface area contributed by atoms with E-state index in [2.05, 4.69) is 10.1 Å². The summed E-state index contributed by atoms with van der Waals surface area (Å²) in [7, 11) is 0. The maximum atomic E-state index is 11.6. The zero-order valence-corrected chi connectivity index (χ0v) is 24.1. The van der Waals surface area contributed by atoms with E-state index in [-0.39, 0.29) is 11.7 Å². The first kappa shape index (κ1) is 26.1. The average Bonchev–Trinajstić information content (AvgIpc) is 3.26. The number of carbonyl (C=O) groups is 1. The molecule has 2 aliphatic carbocycles. The summed E-state index contributed by atoms with van der Waals surface area (Å²) in [6, 6.07) is 8.99. The van der Waals surface area contributed by atoms with Crippen LogP contribution in [0.2, 0.25) is 10.0 Å². The highest BCUT2D eigenvalue weighted by Gasteiger charge is 2.46. The number of benzene rings is 2. The molecule has 4 aromatic rings. The molecule has 0 amide bonds. The van der Waals surface area contributed by atoms with Crippen LogP contribution < -0.4 is 9.64 Å². The summed E-state index contributed by atoms with van der Waals surface area (Å²) in [5, 5.41) is 15.9. The summed E-state index contributed by atoms with van der Waals surface area (Å²) in [6.45, 7) is 3.56. The summed E-state index contributed by atoms with van der Waals surface area (Å²) >= 11 is 14.6. The van der Waals surface area contributed by atoms with Crippen molar-refractivity contribution < 1.29 is 23.9 Å². The van der Waals surface area contributed by atoms with E-state index in [9.17, 15) is 9.90 Å². The molecule has 3 fully saturated rings. The van der Waals surface area contributed by atoms with E-state index in [1.807, 2.05) is 25.1 Å². The predicted molar refractivity (Wildman–Crippen MR) is 154 cm³/mol. The molecule has 2 bridgehead atoms. The van der Waals surface area contributed by atoms with Crippen molar-refractivity contribution in [3.05, 3.63) is 57.3 Å². The molecular formula is C29H27Cl2N3O5S. The van der Waals surface area contributed by atoms with Crippen LogP contribution in [0.15, 0.2) is 34.9 Å². The molecule has 3 aliphatic rings. The van der Waals surface area contributed by atoms with Crippen LogP contribution >= 0.6 is 34.5 Å². The largest absolute Gasteiger partial charge is 0.492 e. The number of rotatable bonds is 9. The number of halogens is 2. The van der Waals surface area contributed by atoms with Crippen molar-refractivity contribution in [2.24, 2.45) is 5.92 Å². The van der Waals surface area contributed by atoms with Crippen LogP contribution in [0.25, 0.3) is 21.5 Å². The van der Waals surface area contributed by atoms with Gasteiger partial charge in [-0.2, -0.15) is 0 Å². The van der Waals surface area contributed by atoms with E-state index in [0.29, 0.717) is 63.7 Å². The highest BCUT2D eigenvalue weighted by Crippen LogP contribution is 2.48. The van der Waals surface area contributed by atoms with E-state index in [1.165, 1.54) is 11.3 Å². The fourth-order valence-corrected chi connectivity index (χ4v) is 7.76. The van der Waals surface area contributed by atoms with E-state index in [1.54, 1.807) is 12.1 Å². The second-order valence-electron chi connectivity index (χ2n) is 10.7. The number of ether oxygens (including phenoxy) is 2. The van der Waals surface area contributed by atoms with E-state index in [0.717, 1.165) is 53.4 Å². The van der Waals surface area contributed by atoms with Crippen LogP contribution in [0.5, 0.6) is 5.75 Å². The van der Waals surface area contributed by atoms with Gasteiger partial charge in [0.15, 0.2) is 5.13 Å². The summed E-state index contributed by atoms with van der Waals surface area (Å²) in [6.07, 6.45) is 4.21. The third-order valence-corrected chi connectivity index (χ3v) is 9.80. The molecule has 208 valence electrons. The highest BCUT2D eigenvalue weighted by atomic mass is 35.5. The van der Waals surface area contributed by atoms with Crippen molar-refractivity contribution in [1.29, 1.82) is 0 Å². The van der Waals surface area contributed by atoms with Gasteiger partial charge in [-0.25, -0.2) is 9.78 Å². The van der Waals surface area contributed by atoms with Crippen molar-refractivity contribution in [2.45, 2.75) is 57.3 Å². The molecule has 2 saturated carbocycles. The molecule has 3 atom stereocenters. The lowest BCUT2D eigenvalue weighted by atomic mass is 10.0. The van der Waals surface area contributed by atoms with Gasteiger partial charge in [0, 0.05) is 35.5 Å². The minimum atomic E-state index is -0.976. The number of aromatic nitrogens is 2. The van der Waals surface area contributed by atoms with Gasteiger partial charge in [-0.05, 0) is 56.9 Å². The summed E-state index contributed by atoms with van der Waals surface area (Å²) in [5.74, 6) is 1.17. The van der Waals surface area contributed by atoms with Gasteiger partial charge in [0.25, 0.3) is 0 Å². The van der Waals surface area contributed by atoms with Gasteiger partial charge >= 0.3 is 5.97 Å². The van der Waals surface area contributed by atoms with Crippen LogP contribution in [-0.4, -0.2) is 46.5 Å².